The minimum absolute atomic E-state index is 0.101. The van der Waals surface area contributed by atoms with Crippen LogP contribution in [-0.2, 0) is 15.9 Å². The highest BCUT2D eigenvalue weighted by molar-refractivity contribution is 6.03. The molecule has 10 nitrogen and oxygen atoms in total. The average molecular weight is 766 g/mol. The molecule has 0 spiro atoms. The van der Waals surface area contributed by atoms with E-state index in [1.54, 1.807) is 24.0 Å². The summed E-state index contributed by atoms with van der Waals surface area (Å²) in [7, 11) is 1.46. The van der Waals surface area contributed by atoms with E-state index in [1.165, 1.54) is 25.3 Å². The third kappa shape index (κ3) is 6.79. The molecule has 4 aromatic rings. The number of piperazine rings is 1. The highest BCUT2D eigenvalue weighted by atomic mass is 19.1. The Kier molecular flexibility index (Phi) is 9.72. The predicted molar refractivity (Wildman–Crippen MR) is 200 cm³/mol. The summed E-state index contributed by atoms with van der Waals surface area (Å²) in [5.41, 5.74) is -1.37. The van der Waals surface area contributed by atoms with Crippen molar-refractivity contribution in [1.82, 2.24) is 19.8 Å². The number of aromatic nitrogens is 2. The summed E-state index contributed by atoms with van der Waals surface area (Å²) in [5, 5.41) is 1.02. The lowest BCUT2D eigenvalue weighted by molar-refractivity contribution is 0.0122. The van der Waals surface area contributed by atoms with Crippen molar-refractivity contribution in [3.05, 3.63) is 53.3 Å². The van der Waals surface area contributed by atoms with Gasteiger partial charge < -0.3 is 23.8 Å². The van der Waals surface area contributed by atoms with Crippen LogP contribution >= 0.6 is 0 Å². The minimum Gasteiger partial charge on any atom is -0.468 e. The van der Waals surface area contributed by atoms with Gasteiger partial charge in [0.1, 0.15) is 47.1 Å². The van der Waals surface area contributed by atoms with Crippen molar-refractivity contribution in [1.29, 1.82) is 0 Å². The first kappa shape index (κ1) is 37.5. The fraction of sp³-hybridized carbons (Fsp3) is 0.537. The number of anilines is 1. The average Bonchev–Trinajstić information content (AvgIpc) is 3.75. The van der Waals surface area contributed by atoms with E-state index in [2.05, 4.69) is 9.88 Å². The van der Waals surface area contributed by atoms with Gasteiger partial charge in [0, 0.05) is 38.6 Å². The number of halogens is 4. The largest absolute Gasteiger partial charge is 0.468 e. The molecule has 0 aliphatic carbocycles. The standard InChI is InChI=1S/C41H47F4N5O5/c1-6-28-31(43)11-8-23-14-27(54-22-52-5)15-29(33(23)28)34-32(44)16-30-36(35(34)45)46-38(53-21-41-12-7-13-49(41)18-24(42)17-41)47-37(30)48-19-25-9-10-26(20-48)50(25)39(51)55-40(2,3)4/h8,11,14-16,24-26H,6-7,9-10,12-13,17-22H2,1-5H3/t24-,25?,26?,41?/m1/s1. The number of hydrogen-bond donors (Lipinski definition) is 0. The third-order valence-corrected chi connectivity index (χ3v) is 11.6. The SMILES string of the molecule is CCc1c(F)ccc2cc(OCOC)cc(-c3c(F)cc4c(N5CC6CCC(C5)N6C(=O)OC(C)(C)C)nc(OCC56CCCN5C[C@H](F)C6)nc4c3F)c12. The van der Waals surface area contributed by atoms with Crippen LogP contribution in [0.25, 0.3) is 32.8 Å². The Bertz CT molecular complexity index is 2130. The lowest BCUT2D eigenvalue weighted by atomic mass is 9.91. The van der Waals surface area contributed by atoms with Crippen molar-refractivity contribution in [2.24, 2.45) is 0 Å². The number of amides is 1. The maximum Gasteiger partial charge on any atom is 0.410 e. The van der Waals surface area contributed by atoms with Crippen LogP contribution in [0.1, 0.15) is 65.4 Å². The quantitative estimate of drug-likeness (QED) is 0.124. The van der Waals surface area contributed by atoms with Gasteiger partial charge in [0.15, 0.2) is 12.6 Å². The number of aryl methyl sites for hydroxylation is 1. The van der Waals surface area contributed by atoms with Crippen LogP contribution < -0.4 is 14.4 Å². The van der Waals surface area contributed by atoms with E-state index in [1.807, 2.05) is 25.7 Å². The van der Waals surface area contributed by atoms with Crippen molar-refractivity contribution in [2.45, 2.75) is 95.6 Å². The van der Waals surface area contributed by atoms with Crippen LogP contribution in [0.4, 0.5) is 28.2 Å². The highest BCUT2D eigenvalue weighted by Crippen LogP contribution is 2.44. The van der Waals surface area contributed by atoms with Gasteiger partial charge in [-0.3, -0.25) is 9.80 Å². The van der Waals surface area contributed by atoms with Crippen LogP contribution in [0.15, 0.2) is 30.3 Å². The first-order chi connectivity index (χ1) is 26.3. The first-order valence-corrected chi connectivity index (χ1v) is 19.1. The summed E-state index contributed by atoms with van der Waals surface area (Å²) in [6, 6.07) is 6.72. The lowest BCUT2D eigenvalue weighted by Crippen LogP contribution is -2.57. The van der Waals surface area contributed by atoms with Gasteiger partial charge in [-0.15, -0.1) is 0 Å². The molecule has 0 saturated carbocycles. The molecule has 3 unspecified atom stereocenters. The molecule has 2 bridgehead atoms. The third-order valence-electron chi connectivity index (χ3n) is 11.6. The minimum atomic E-state index is -0.979. The highest BCUT2D eigenvalue weighted by Gasteiger charge is 2.50. The molecule has 4 saturated heterocycles. The number of rotatable bonds is 9. The van der Waals surface area contributed by atoms with Crippen LogP contribution in [0.2, 0.25) is 0 Å². The van der Waals surface area contributed by atoms with Gasteiger partial charge in [0.2, 0.25) is 0 Å². The number of fused-ring (bicyclic) bond motifs is 5. The van der Waals surface area contributed by atoms with E-state index in [-0.39, 0.29) is 65.9 Å². The van der Waals surface area contributed by atoms with E-state index in [4.69, 9.17) is 23.9 Å². The second kappa shape index (κ2) is 14.3. The molecule has 4 aliphatic heterocycles. The smallest absolute Gasteiger partial charge is 0.410 e. The Morgan fingerprint density at radius 3 is 2.47 bits per heavy atom. The van der Waals surface area contributed by atoms with Gasteiger partial charge >= 0.3 is 12.1 Å². The number of carbonyl (C=O) groups excluding carboxylic acids is 1. The number of hydrogen-bond acceptors (Lipinski definition) is 9. The molecular weight excluding hydrogens is 718 g/mol. The van der Waals surface area contributed by atoms with E-state index >= 15 is 13.2 Å². The van der Waals surface area contributed by atoms with Crippen molar-refractivity contribution in [3.8, 4) is 22.9 Å². The molecule has 1 aromatic heterocycles. The second-order valence-electron chi connectivity index (χ2n) is 16.3. The van der Waals surface area contributed by atoms with Crippen LogP contribution in [0.3, 0.4) is 0 Å². The Hall–Kier alpha value is -4.43. The van der Waals surface area contributed by atoms with E-state index < -0.39 is 46.4 Å². The molecular formula is C41H47F4N5O5. The molecule has 14 heteroatoms. The first-order valence-electron chi connectivity index (χ1n) is 19.1. The Balaban J connectivity index is 1.26. The van der Waals surface area contributed by atoms with Crippen LogP contribution in [0, 0.1) is 17.5 Å². The van der Waals surface area contributed by atoms with Crippen molar-refractivity contribution < 1.29 is 41.3 Å². The van der Waals surface area contributed by atoms with Crippen molar-refractivity contribution in [2.75, 3.05) is 51.6 Å². The molecule has 4 fully saturated rings. The molecule has 0 N–H and O–H groups in total. The topological polar surface area (TPSA) is 89.5 Å². The van der Waals surface area contributed by atoms with Gasteiger partial charge in [0.25, 0.3) is 0 Å². The number of alkyl halides is 1. The fourth-order valence-corrected chi connectivity index (χ4v) is 9.29. The summed E-state index contributed by atoms with van der Waals surface area (Å²) in [6.45, 7) is 9.02. The summed E-state index contributed by atoms with van der Waals surface area (Å²) in [6.07, 6.45) is 2.33. The Labute approximate surface area is 317 Å². The monoisotopic (exact) mass is 765 g/mol. The van der Waals surface area contributed by atoms with Crippen molar-refractivity contribution in [3.63, 3.8) is 0 Å². The zero-order valence-corrected chi connectivity index (χ0v) is 31.9. The zero-order valence-electron chi connectivity index (χ0n) is 31.9. The summed E-state index contributed by atoms with van der Waals surface area (Å²) in [4.78, 5) is 28.5. The molecule has 55 heavy (non-hydrogen) atoms. The molecule has 0 radical (unpaired) electrons. The van der Waals surface area contributed by atoms with Gasteiger partial charge in [-0.05, 0) is 106 Å². The van der Waals surface area contributed by atoms with E-state index in [0.29, 0.717) is 42.4 Å². The molecule has 3 aromatic carbocycles. The van der Waals surface area contributed by atoms with Crippen LogP contribution in [-0.4, -0.2) is 102 Å². The number of nitrogens with zero attached hydrogens (tertiary/aromatic N) is 5. The normalized spacial score (nSPS) is 23.9. The summed E-state index contributed by atoms with van der Waals surface area (Å²) < 4.78 is 87.0. The molecule has 294 valence electrons. The molecule has 4 atom stereocenters. The number of carbonyl (C=O) groups is 1. The summed E-state index contributed by atoms with van der Waals surface area (Å²) in [5.74, 6) is -1.81. The predicted octanol–water partition coefficient (Wildman–Crippen LogP) is 7.96. The molecule has 1 amide bonds. The summed E-state index contributed by atoms with van der Waals surface area (Å²) >= 11 is 0. The molecule has 4 aliphatic rings. The fourth-order valence-electron chi connectivity index (χ4n) is 9.29. The zero-order chi connectivity index (χ0) is 38.8. The maximum absolute atomic E-state index is 17.4. The lowest BCUT2D eigenvalue weighted by Gasteiger charge is -2.42. The maximum atomic E-state index is 17.4. The Morgan fingerprint density at radius 1 is 1.00 bits per heavy atom. The number of benzene rings is 3. The molecule has 5 heterocycles. The van der Waals surface area contributed by atoms with E-state index in [0.717, 1.165) is 32.2 Å². The van der Waals surface area contributed by atoms with Gasteiger partial charge in [-0.25, -0.2) is 22.4 Å². The van der Waals surface area contributed by atoms with Crippen molar-refractivity contribution >= 4 is 33.6 Å². The number of methoxy groups -OCH3 is 1. The molecule has 8 rings (SSSR count). The van der Waals surface area contributed by atoms with Crippen LogP contribution in [0.5, 0.6) is 11.8 Å². The van der Waals surface area contributed by atoms with E-state index in [9.17, 15) is 9.18 Å². The Morgan fingerprint density at radius 2 is 1.76 bits per heavy atom. The van der Waals surface area contributed by atoms with Gasteiger partial charge in [0.05, 0.1) is 23.2 Å². The second-order valence-corrected chi connectivity index (χ2v) is 16.3. The van der Waals surface area contributed by atoms with Gasteiger partial charge in [-0.1, -0.05) is 13.0 Å². The number of ether oxygens (including phenoxy) is 4. The van der Waals surface area contributed by atoms with Gasteiger partial charge in [-0.2, -0.15) is 9.97 Å².